The lowest BCUT2D eigenvalue weighted by molar-refractivity contribution is 0.257. The molecule has 94 valence electrons. The monoisotopic (exact) mass is 235 g/mol. The summed E-state index contributed by atoms with van der Waals surface area (Å²) in [4.78, 5) is 8.69. The molecule has 1 aromatic rings. The lowest BCUT2D eigenvalue weighted by atomic mass is 9.96. The number of hydrogen-bond acceptors (Lipinski definition) is 4. The topological polar surface area (TPSA) is 47.0 Å². The average molecular weight is 235 g/mol. The summed E-state index contributed by atoms with van der Waals surface area (Å²) >= 11 is 0. The number of ether oxygens (including phenoxy) is 1. The fraction of sp³-hybridized carbons (Fsp3) is 0.692. The first-order chi connectivity index (χ1) is 8.05. The van der Waals surface area contributed by atoms with Crippen molar-refractivity contribution in [2.45, 2.75) is 32.6 Å². The average Bonchev–Trinajstić information content (AvgIpc) is 2.78. The number of nitrogens with one attached hydrogen (secondary N) is 1. The fourth-order valence-electron chi connectivity index (χ4n) is 1.85. The van der Waals surface area contributed by atoms with Gasteiger partial charge in [-0.15, -0.1) is 0 Å². The van der Waals surface area contributed by atoms with E-state index in [1.807, 2.05) is 0 Å². The van der Waals surface area contributed by atoms with Gasteiger partial charge in [0.2, 0.25) is 0 Å². The fourth-order valence-corrected chi connectivity index (χ4v) is 1.85. The zero-order chi connectivity index (χ0) is 12.3. The Morgan fingerprint density at radius 1 is 1.35 bits per heavy atom. The van der Waals surface area contributed by atoms with Crippen LogP contribution in [0.4, 0.5) is 0 Å². The summed E-state index contributed by atoms with van der Waals surface area (Å²) in [5.41, 5.74) is -0.00605. The van der Waals surface area contributed by atoms with Crippen molar-refractivity contribution >= 4 is 0 Å². The molecule has 0 bridgehead atoms. The summed E-state index contributed by atoms with van der Waals surface area (Å²) in [6, 6.07) is 0. The van der Waals surface area contributed by atoms with E-state index in [0.717, 1.165) is 31.3 Å². The molecule has 0 aliphatic carbocycles. The molecule has 1 fully saturated rings. The van der Waals surface area contributed by atoms with E-state index in [2.05, 4.69) is 36.1 Å². The third-order valence-corrected chi connectivity index (χ3v) is 2.95. The molecule has 0 saturated carbocycles. The van der Waals surface area contributed by atoms with E-state index < -0.39 is 0 Å². The Labute approximate surface area is 103 Å². The highest BCUT2D eigenvalue weighted by atomic mass is 16.5. The van der Waals surface area contributed by atoms with Crippen molar-refractivity contribution < 1.29 is 4.74 Å². The van der Waals surface area contributed by atoms with E-state index in [0.29, 0.717) is 5.92 Å². The first-order valence-electron chi connectivity index (χ1n) is 6.22. The highest BCUT2D eigenvalue weighted by Crippen LogP contribution is 2.19. The van der Waals surface area contributed by atoms with Gasteiger partial charge in [0, 0.05) is 17.9 Å². The van der Waals surface area contributed by atoms with Crippen molar-refractivity contribution in [1.29, 1.82) is 0 Å². The number of aromatic nitrogens is 2. The molecule has 4 nitrogen and oxygen atoms in total. The number of rotatable bonds is 3. The summed E-state index contributed by atoms with van der Waals surface area (Å²) in [5.74, 6) is 2.24. The minimum absolute atomic E-state index is 0.00605. The van der Waals surface area contributed by atoms with Crippen LogP contribution in [0.25, 0.3) is 0 Å². The van der Waals surface area contributed by atoms with Gasteiger partial charge in [0.15, 0.2) is 5.75 Å². The van der Waals surface area contributed by atoms with Crippen LogP contribution in [0.15, 0.2) is 12.4 Å². The molecular weight excluding hydrogens is 214 g/mol. The second-order valence-corrected chi connectivity index (χ2v) is 5.66. The van der Waals surface area contributed by atoms with Crippen molar-refractivity contribution in [3.63, 3.8) is 0 Å². The maximum absolute atomic E-state index is 5.69. The molecule has 1 aromatic heterocycles. The molecule has 1 aliphatic rings. The molecule has 0 aromatic carbocycles. The minimum atomic E-state index is -0.00605. The third kappa shape index (κ3) is 3.40. The van der Waals surface area contributed by atoms with Crippen LogP contribution in [-0.2, 0) is 5.41 Å². The minimum Gasteiger partial charge on any atom is -0.490 e. The Morgan fingerprint density at radius 2 is 2.06 bits per heavy atom. The zero-order valence-corrected chi connectivity index (χ0v) is 10.9. The first-order valence-corrected chi connectivity index (χ1v) is 6.22. The molecule has 2 heterocycles. The van der Waals surface area contributed by atoms with Crippen LogP contribution in [0.5, 0.6) is 5.75 Å². The summed E-state index contributed by atoms with van der Waals surface area (Å²) in [7, 11) is 0. The Kier molecular flexibility index (Phi) is 3.62. The van der Waals surface area contributed by atoms with Crippen LogP contribution in [0.2, 0.25) is 0 Å². The van der Waals surface area contributed by atoms with Gasteiger partial charge in [-0.25, -0.2) is 9.97 Å². The Hall–Kier alpha value is -1.16. The molecule has 1 aliphatic heterocycles. The number of hydrogen-bond donors (Lipinski definition) is 1. The SMILES string of the molecule is CC(C)(C)c1ncc(OCC2CCNC2)cn1. The molecule has 17 heavy (non-hydrogen) atoms. The van der Waals surface area contributed by atoms with Crippen molar-refractivity contribution in [2.24, 2.45) is 5.92 Å². The Morgan fingerprint density at radius 3 is 2.59 bits per heavy atom. The smallest absolute Gasteiger partial charge is 0.155 e. The van der Waals surface area contributed by atoms with Gasteiger partial charge in [-0.3, -0.25) is 0 Å². The highest BCUT2D eigenvalue weighted by molar-refractivity contribution is 5.15. The molecule has 1 saturated heterocycles. The molecule has 1 unspecified atom stereocenters. The molecule has 1 atom stereocenters. The van der Waals surface area contributed by atoms with Crippen LogP contribution in [0, 0.1) is 5.92 Å². The van der Waals surface area contributed by atoms with Gasteiger partial charge in [0.1, 0.15) is 5.82 Å². The molecule has 2 rings (SSSR count). The van der Waals surface area contributed by atoms with E-state index in [-0.39, 0.29) is 5.41 Å². The van der Waals surface area contributed by atoms with E-state index in [1.54, 1.807) is 12.4 Å². The summed E-state index contributed by atoms with van der Waals surface area (Å²) in [5, 5.41) is 3.33. The van der Waals surface area contributed by atoms with Gasteiger partial charge >= 0.3 is 0 Å². The van der Waals surface area contributed by atoms with E-state index in [1.165, 1.54) is 6.42 Å². The standard InChI is InChI=1S/C13H21N3O/c1-13(2,3)12-15-7-11(8-16-12)17-9-10-4-5-14-6-10/h7-8,10,14H,4-6,9H2,1-3H3. The Balaban J connectivity index is 1.89. The number of nitrogens with zero attached hydrogens (tertiary/aromatic N) is 2. The molecule has 0 spiro atoms. The molecule has 0 amide bonds. The lowest BCUT2D eigenvalue weighted by Crippen LogP contribution is -2.17. The van der Waals surface area contributed by atoms with Gasteiger partial charge in [-0.1, -0.05) is 20.8 Å². The highest BCUT2D eigenvalue weighted by Gasteiger charge is 2.18. The summed E-state index contributed by atoms with van der Waals surface area (Å²) in [6.45, 7) is 9.23. The predicted molar refractivity (Wildman–Crippen MR) is 67.2 cm³/mol. The maximum Gasteiger partial charge on any atom is 0.155 e. The normalized spacial score (nSPS) is 20.5. The van der Waals surface area contributed by atoms with E-state index in [9.17, 15) is 0 Å². The lowest BCUT2D eigenvalue weighted by Gasteiger charge is -2.16. The van der Waals surface area contributed by atoms with Crippen LogP contribution in [0.3, 0.4) is 0 Å². The van der Waals surface area contributed by atoms with Crippen LogP contribution < -0.4 is 10.1 Å². The van der Waals surface area contributed by atoms with Gasteiger partial charge in [0.05, 0.1) is 19.0 Å². The van der Waals surface area contributed by atoms with Gasteiger partial charge in [-0.2, -0.15) is 0 Å². The van der Waals surface area contributed by atoms with Crippen molar-refractivity contribution in [3.05, 3.63) is 18.2 Å². The second kappa shape index (κ2) is 5.00. The van der Waals surface area contributed by atoms with Gasteiger partial charge in [0.25, 0.3) is 0 Å². The van der Waals surface area contributed by atoms with Crippen LogP contribution in [-0.4, -0.2) is 29.7 Å². The summed E-state index contributed by atoms with van der Waals surface area (Å²) < 4.78 is 5.69. The van der Waals surface area contributed by atoms with E-state index >= 15 is 0 Å². The summed E-state index contributed by atoms with van der Waals surface area (Å²) in [6.07, 6.45) is 4.74. The molecular formula is C13H21N3O. The molecule has 4 heteroatoms. The second-order valence-electron chi connectivity index (χ2n) is 5.66. The zero-order valence-electron chi connectivity index (χ0n) is 10.9. The largest absolute Gasteiger partial charge is 0.490 e. The molecule has 0 radical (unpaired) electrons. The third-order valence-electron chi connectivity index (χ3n) is 2.95. The maximum atomic E-state index is 5.69. The Bertz CT molecular complexity index is 350. The van der Waals surface area contributed by atoms with Crippen LogP contribution >= 0.6 is 0 Å². The molecule has 1 N–H and O–H groups in total. The first kappa shape index (κ1) is 12.3. The quantitative estimate of drug-likeness (QED) is 0.867. The van der Waals surface area contributed by atoms with Crippen molar-refractivity contribution in [3.8, 4) is 5.75 Å². The van der Waals surface area contributed by atoms with Gasteiger partial charge < -0.3 is 10.1 Å². The van der Waals surface area contributed by atoms with Crippen LogP contribution in [0.1, 0.15) is 33.0 Å². The van der Waals surface area contributed by atoms with Crippen molar-refractivity contribution in [2.75, 3.05) is 19.7 Å². The predicted octanol–water partition coefficient (Wildman–Crippen LogP) is 1.76. The van der Waals surface area contributed by atoms with E-state index in [4.69, 9.17) is 4.74 Å². The van der Waals surface area contributed by atoms with Crippen molar-refractivity contribution in [1.82, 2.24) is 15.3 Å². The van der Waals surface area contributed by atoms with Gasteiger partial charge in [-0.05, 0) is 13.0 Å².